The number of sulfone groups is 1. The Kier molecular flexibility index (Phi) is 5.18. The first-order valence-electron chi connectivity index (χ1n) is 8.68. The number of anilines is 2. The molecule has 0 radical (unpaired) electrons. The van der Waals surface area contributed by atoms with Crippen LogP contribution in [0.15, 0.2) is 53.8 Å². The number of aromatic nitrogens is 2. The molecule has 8 heteroatoms. The maximum atomic E-state index is 12.7. The van der Waals surface area contributed by atoms with Crippen molar-refractivity contribution in [2.45, 2.75) is 19.0 Å². The van der Waals surface area contributed by atoms with E-state index in [0.717, 1.165) is 25.0 Å². The maximum Gasteiger partial charge on any atom is 0.276 e. The summed E-state index contributed by atoms with van der Waals surface area (Å²) in [5.41, 5.74) is 2.21. The predicted molar refractivity (Wildman–Crippen MR) is 106 cm³/mol. The van der Waals surface area contributed by atoms with Gasteiger partial charge >= 0.3 is 0 Å². The third kappa shape index (κ3) is 3.80. The lowest BCUT2D eigenvalue weighted by Gasteiger charge is -2.21. The van der Waals surface area contributed by atoms with Crippen molar-refractivity contribution in [3.8, 4) is 0 Å². The summed E-state index contributed by atoms with van der Waals surface area (Å²) < 4.78 is 25.4. The molecule has 0 aliphatic carbocycles. The van der Waals surface area contributed by atoms with Crippen LogP contribution in [0.5, 0.6) is 0 Å². The molecule has 7 nitrogen and oxygen atoms in total. The third-order valence-corrected chi connectivity index (χ3v) is 5.27. The molecule has 3 aromatic rings. The first kappa shape index (κ1) is 18.9. The molecule has 3 rings (SSSR count). The standard InChI is InChI=1S/C19H22N4O3S/c1-4-22(5-2)15-11-9-14(10-12-15)20-18(24)17-16-8-6-7-13-23(16)19(21-17)27(3,25)26/h6-13H,4-5H2,1-3H3,(H,20,24). The molecule has 2 aromatic heterocycles. The molecule has 0 unspecified atom stereocenters. The third-order valence-electron chi connectivity index (χ3n) is 4.32. The zero-order chi connectivity index (χ0) is 19.6. The monoisotopic (exact) mass is 386 g/mol. The van der Waals surface area contributed by atoms with Gasteiger partial charge in [0, 0.05) is 36.9 Å². The van der Waals surface area contributed by atoms with Crippen LogP contribution in [-0.2, 0) is 9.84 Å². The van der Waals surface area contributed by atoms with Gasteiger partial charge in [0.15, 0.2) is 5.69 Å². The van der Waals surface area contributed by atoms with Crippen molar-refractivity contribution in [2.24, 2.45) is 0 Å². The number of amides is 1. The summed E-state index contributed by atoms with van der Waals surface area (Å²) in [6.45, 7) is 5.97. The fourth-order valence-corrected chi connectivity index (χ4v) is 3.75. The molecule has 0 fully saturated rings. The van der Waals surface area contributed by atoms with Gasteiger partial charge in [0.05, 0.1) is 5.52 Å². The highest BCUT2D eigenvalue weighted by atomic mass is 32.2. The predicted octanol–water partition coefficient (Wildman–Crippen LogP) is 2.84. The largest absolute Gasteiger partial charge is 0.372 e. The molecule has 0 aliphatic rings. The van der Waals surface area contributed by atoms with E-state index >= 15 is 0 Å². The van der Waals surface area contributed by atoms with E-state index < -0.39 is 15.7 Å². The highest BCUT2D eigenvalue weighted by Crippen LogP contribution is 2.21. The molecular weight excluding hydrogens is 364 g/mol. The summed E-state index contributed by atoms with van der Waals surface area (Å²) >= 11 is 0. The van der Waals surface area contributed by atoms with E-state index in [4.69, 9.17) is 0 Å². The Morgan fingerprint density at radius 1 is 1.11 bits per heavy atom. The molecule has 0 atom stereocenters. The van der Waals surface area contributed by atoms with E-state index in [0.29, 0.717) is 11.2 Å². The Hall–Kier alpha value is -2.87. The van der Waals surface area contributed by atoms with Crippen molar-refractivity contribution < 1.29 is 13.2 Å². The molecule has 1 N–H and O–H groups in total. The van der Waals surface area contributed by atoms with Crippen LogP contribution in [0.25, 0.3) is 5.52 Å². The Labute approximate surface area is 158 Å². The first-order chi connectivity index (χ1) is 12.8. The highest BCUT2D eigenvalue weighted by molar-refractivity contribution is 7.90. The van der Waals surface area contributed by atoms with E-state index in [1.165, 1.54) is 4.40 Å². The lowest BCUT2D eigenvalue weighted by molar-refractivity contribution is 0.102. The van der Waals surface area contributed by atoms with Gasteiger partial charge in [-0.05, 0) is 50.2 Å². The average molecular weight is 386 g/mol. The molecule has 1 amide bonds. The fourth-order valence-electron chi connectivity index (χ4n) is 2.97. The van der Waals surface area contributed by atoms with E-state index in [-0.39, 0.29) is 10.9 Å². The van der Waals surface area contributed by atoms with Crippen molar-refractivity contribution in [1.29, 1.82) is 0 Å². The number of pyridine rings is 1. The van der Waals surface area contributed by atoms with Gasteiger partial charge in [0.25, 0.3) is 5.91 Å². The van der Waals surface area contributed by atoms with Crippen LogP contribution in [0.2, 0.25) is 0 Å². The molecule has 27 heavy (non-hydrogen) atoms. The number of carbonyl (C=O) groups excluding carboxylic acids is 1. The number of hydrogen-bond acceptors (Lipinski definition) is 5. The normalized spacial score (nSPS) is 11.5. The number of nitrogens with zero attached hydrogens (tertiary/aromatic N) is 3. The van der Waals surface area contributed by atoms with Gasteiger partial charge in [-0.1, -0.05) is 6.07 Å². The molecule has 0 saturated heterocycles. The van der Waals surface area contributed by atoms with E-state index in [9.17, 15) is 13.2 Å². The van der Waals surface area contributed by atoms with Gasteiger partial charge in [0.1, 0.15) is 0 Å². The molecule has 142 valence electrons. The zero-order valence-electron chi connectivity index (χ0n) is 15.5. The fraction of sp³-hybridized carbons (Fsp3) is 0.263. The van der Waals surface area contributed by atoms with E-state index in [2.05, 4.69) is 29.0 Å². The van der Waals surface area contributed by atoms with Gasteiger partial charge in [-0.15, -0.1) is 0 Å². The topological polar surface area (TPSA) is 83.8 Å². The Morgan fingerprint density at radius 3 is 2.37 bits per heavy atom. The summed E-state index contributed by atoms with van der Waals surface area (Å²) in [4.78, 5) is 19.0. The number of rotatable bonds is 6. The summed E-state index contributed by atoms with van der Waals surface area (Å²) in [5.74, 6) is -0.454. The molecular formula is C19H22N4O3S. The van der Waals surface area contributed by atoms with Gasteiger partial charge in [-0.25, -0.2) is 13.4 Å². The minimum atomic E-state index is -3.57. The smallest absolute Gasteiger partial charge is 0.276 e. The minimum Gasteiger partial charge on any atom is -0.372 e. The number of hydrogen-bond donors (Lipinski definition) is 1. The SMILES string of the molecule is CCN(CC)c1ccc(NC(=O)c2nc(S(C)(=O)=O)n3ccccc23)cc1. The number of carbonyl (C=O) groups is 1. The molecule has 0 spiro atoms. The van der Waals surface area contributed by atoms with Crippen LogP contribution in [0.4, 0.5) is 11.4 Å². The average Bonchev–Trinajstić information content (AvgIpc) is 3.04. The second kappa shape index (κ2) is 7.40. The van der Waals surface area contributed by atoms with Crippen molar-refractivity contribution in [3.63, 3.8) is 0 Å². The van der Waals surface area contributed by atoms with Gasteiger partial charge in [-0.3, -0.25) is 9.20 Å². The van der Waals surface area contributed by atoms with E-state index in [1.54, 1.807) is 24.4 Å². The quantitative estimate of drug-likeness (QED) is 0.704. The maximum absolute atomic E-state index is 12.7. The number of imidazole rings is 1. The van der Waals surface area contributed by atoms with Crippen LogP contribution < -0.4 is 10.2 Å². The van der Waals surface area contributed by atoms with Crippen LogP contribution in [0.3, 0.4) is 0 Å². The first-order valence-corrected chi connectivity index (χ1v) is 10.6. The number of nitrogens with one attached hydrogen (secondary N) is 1. The van der Waals surface area contributed by atoms with E-state index in [1.807, 2.05) is 24.3 Å². The summed E-state index contributed by atoms with van der Waals surface area (Å²) in [7, 11) is -3.57. The Balaban J connectivity index is 1.91. The summed E-state index contributed by atoms with van der Waals surface area (Å²) in [6, 6.07) is 12.6. The molecule has 1 aromatic carbocycles. The molecule has 0 saturated carbocycles. The van der Waals surface area contributed by atoms with Crippen molar-refractivity contribution in [1.82, 2.24) is 9.38 Å². The van der Waals surface area contributed by atoms with Crippen LogP contribution in [0, 0.1) is 0 Å². The van der Waals surface area contributed by atoms with Crippen LogP contribution in [0.1, 0.15) is 24.3 Å². The van der Waals surface area contributed by atoms with Crippen molar-refractivity contribution in [2.75, 3.05) is 29.6 Å². The van der Waals surface area contributed by atoms with Crippen LogP contribution >= 0.6 is 0 Å². The second-order valence-electron chi connectivity index (χ2n) is 6.14. The highest BCUT2D eigenvalue weighted by Gasteiger charge is 2.22. The molecule has 2 heterocycles. The van der Waals surface area contributed by atoms with Gasteiger partial charge in [0.2, 0.25) is 15.0 Å². The lowest BCUT2D eigenvalue weighted by atomic mass is 10.2. The summed E-state index contributed by atoms with van der Waals surface area (Å²) in [5, 5.41) is 2.64. The van der Waals surface area contributed by atoms with Crippen LogP contribution in [-0.4, -0.2) is 43.1 Å². The van der Waals surface area contributed by atoms with Crippen molar-refractivity contribution in [3.05, 3.63) is 54.4 Å². The Bertz CT molecular complexity index is 1070. The minimum absolute atomic E-state index is 0.0730. The number of benzene rings is 1. The lowest BCUT2D eigenvalue weighted by Crippen LogP contribution is -2.21. The van der Waals surface area contributed by atoms with Crippen molar-refractivity contribution >= 4 is 32.6 Å². The Morgan fingerprint density at radius 2 is 1.78 bits per heavy atom. The van der Waals surface area contributed by atoms with Gasteiger partial charge < -0.3 is 10.2 Å². The second-order valence-corrected chi connectivity index (χ2v) is 8.05. The zero-order valence-corrected chi connectivity index (χ0v) is 16.3. The molecule has 0 bridgehead atoms. The summed E-state index contributed by atoms with van der Waals surface area (Å²) in [6.07, 6.45) is 2.65. The van der Waals surface area contributed by atoms with Gasteiger partial charge in [-0.2, -0.15) is 0 Å². The number of fused-ring (bicyclic) bond motifs is 1. The molecule has 0 aliphatic heterocycles.